The minimum absolute atomic E-state index is 0. The molecule has 0 amide bonds. The molecule has 0 heterocycles. The van der Waals surface area contributed by atoms with Crippen LogP contribution in [-0.2, 0) is 0 Å². The van der Waals surface area contributed by atoms with Crippen LogP contribution in [0.5, 0.6) is 0 Å². The zero-order valence-electron chi connectivity index (χ0n) is 7.91. The fourth-order valence-corrected chi connectivity index (χ4v) is 1.03. The van der Waals surface area contributed by atoms with Crippen LogP contribution in [-0.4, -0.2) is 13.1 Å². The average Bonchev–Trinajstić information content (AvgIpc) is 1.97. The summed E-state index contributed by atoms with van der Waals surface area (Å²) in [5.74, 6) is 0. The van der Waals surface area contributed by atoms with Gasteiger partial charge in [-0.25, -0.2) is 0 Å². The lowest BCUT2D eigenvalue weighted by Crippen LogP contribution is -3.00. The molecule has 0 aromatic rings. The number of hydrogen-bond acceptors (Lipinski definition) is 0. The molecule has 0 aliphatic carbocycles. The first-order valence-electron chi connectivity index (χ1n) is 4.73. The largest absolute Gasteiger partial charge is 1.00 e. The van der Waals surface area contributed by atoms with Crippen LogP contribution in [0.25, 0.3) is 0 Å². The molecule has 0 saturated heterocycles. The third-order valence-corrected chi connectivity index (χ3v) is 1.77. The van der Waals surface area contributed by atoms with Crippen molar-refractivity contribution >= 4 is 0 Å². The van der Waals surface area contributed by atoms with Crippen molar-refractivity contribution in [1.82, 2.24) is 0 Å². The van der Waals surface area contributed by atoms with Gasteiger partial charge in [0.1, 0.15) is 0 Å². The van der Waals surface area contributed by atoms with Crippen molar-refractivity contribution in [3.63, 3.8) is 0 Å². The molecule has 2 N–H and O–H groups in total. The average molecular weight is 180 g/mol. The molecule has 2 heteroatoms. The summed E-state index contributed by atoms with van der Waals surface area (Å²) < 4.78 is 0. The summed E-state index contributed by atoms with van der Waals surface area (Å²) >= 11 is 0. The second kappa shape index (κ2) is 12.9. The van der Waals surface area contributed by atoms with Gasteiger partial charge in [-0.2, -0.15) is 0 Å². The second-order valence-corrected chi connectivity index (χ2v) is 2.93. The van der Waals surface area contributed by atoms with Gasteiger partial charge >= 0.3 is 0 Å². The fraction of sp³-hybridized carbons (Fsp3) is 1.00. The van der Waals surface area contributed by atoms with E-state index in [2.05, 4.69) is 19.2 Å². The molecule has 0 saturated carbocycles. The van der Waals surface area contributed by atoms with Gasteiger partial charge < -0.3 is 17.7 Å². The van der Waals surface area contributed by atoms with Crippen LogP contribution in [0, 0.1) is 0 Å². The first-order valence-corrected chi connectivity index (χ1v) is 4.73. The summed E-state index contributed by atoms with van der Waals surface area (Å²) in [5, 5.41) is 2.44. The number of hydrogen-bond donors (Lipinski definition) is 1. The van der Waals surface area contributed by atoms with E-state index in [4.69, 9.17) is 0 Å². The Morgan fingerprint density at radius 3 is 1.91 bits per heavy atom. The number of rotatable bonds is 7. The molecule has 0 aliphatic rings. The molecule has 0 bridgehead atoms. The van der Waals surface area contributed by atoms with E-state index in [-0.39, 0.29) is 12.4 Å². The minimum Gasteiger partial charge on any atom is -1.00 e. The topological polar surface area (TPSA) is 16.6 Å². The van der Waals surface area contributed by atoms with E-state index in [0.717, 1.165) is 0 Å². The Morgan fingerprint density at radius 1 is 0.818 bits per heavy atom. The molecule has 0 fully saturated rings. The highest BCUT2D eigenvalue weighted by atomic mass is 35.5. The lowest BCUT2D eigenvalue weighted by Gasteiger charge is -1.98. The van der Waals surface area contributed by atoms with Gasteiger partial charge in [-0.3, -0.25) is 0 Å². The molecule has 70 valence electrons. The highest BCUT2D eigenvalue weighted by Crippen LogP contribution is 1.88. The van der Waals surface area contributed by atoms with Crippen molar-refractivity contribution in [2.24, 2.45) is 0 Å². The molecule has 0 radical (unpaired) electrons. The maximum Gasteiger partial charge on any atom is 0.0755 e. The van der Waals surface area contributed by atoms with Crippen molar-refractivity contribution in [3.8, 4) is 0 Å². The predicted molar refractivity (Wildman–Crippen MR) is 46.1 cm³/mol. The quantitative estimate of drug-likeness (QED) is 0.461. The molecule has 0 aromatic carbocycles. The first-order chi connectivity index (χ1) is 4.91. The summed E-state index contributed by atoms with van der Waals surface area (Å²) in [6.45, 7) is 7.18. The summed E-state index contributed by atoms with van der Waals surface area (Å²) in [6, 6.07) is 0. The van der Waals surface area contributed by atoms with Crippen LogP contribution in [0.2, 0.25) is 0 Å². The number of halogens is 1. The highest BCUT2D eigenvalue weighted by Gasteiger charge is 1.88. The molecule has 0 spiro atoms. The number of unbranched alkanes of at least 4 members (excludes halogenated alkanes) is 3. The summed E-state index contributed by atoms with van der Waals surface area (Å²) in [6.07, 6.45) is 6.88. The molecule has 0 aliphatic heterocycles. The van der Waals surface area contributed by atoms with E-state index >= 15 is 0 Å². The normalized spacial score (nSPS) is 9.27. The van der Waals surface area contributed by atoms with Gasteiger partial charge in [0.25, 0.3) is 0 Å². The van der Waals surface area contributed by atoms with Gasteiger partial charge in [-0.1, -0.05) is 26.7 Å². The lowest BCUT2D eigenvalue weighted by molar-refractivity contribution is -0.655. The van der Waals surface area contributed by atoms with Gasteiger partial charge in [0.2, 0.25) is 0 Å². The standard InChI is InChI=1S/C9H21N.ClH/c1-3-5-7-9-10-8-6-4-2;/h10H,3-9H2,1-2H3;1H. The Balaban J connectivity index is 0. The molecule has 1 nitrogen and oxygen atoms in total. The number of quaternary nitrogens is 1. The van der Waals surface area contributed by atoms with Crippen molar-refractivity contribution in [3.05, 3.63) is 0 Å². The van der Waals surface area contributed by atoms with E-state index in [1.807, 2.05) is 0 Å². The van der Waals surface area contributed by atoms with Crippen molar-refractivity contribution in [2.45, 2.75) is 46.0 Å². The van der Waals surface area contributed by atoms with Gasteiger partial charge in [0.05, 0.1) is 13.1 Å². The smallest absolute Gasteiger partial charge is 0.0755 e. The summed E-state index contributed by atoms with van der Waals surface area (Å²) in [7, 11) is 0. The Labute approximate surface area is 77.4 Å². The fourth-order valence-electron chi connectivity index (χ4n) is 1.03. The minimum atomic E-state index is 0. The zero-order valence-corrected chi connectivity index (χ0v) is 8.66. The molecular weight excluding hydrogens is 158 g/mol. The number of nitrogens with two attached hydrogens (primary N) is 1. The highest BCUT2D eigenvalue weighted by molar-refractivity contribution is 4.33. The van der Waals surface area contributed by atoms with Crippen LogP contribution in [0.3, 0.4) is 0 Å². The Kier molecular flexibility index (Phi) is 16.2. The Morgan fingerprint density at radius 2 is 1.36 bits per heavy atom. The molecule has 11 heavy (non-hydrogen) atoms. The maximum absolute atomic E-state index is 2.44. The van der Waals surface area contributed by atoms with E-state index in [1.165, 1.54) is 45.2 Å². The third-order valence-electron chi connectivity index (χ3n) is 1.77. The van der Waals surface area contributed by atoms with Gasteiger partial charge in [-0.05, 0) is 19.3 Å². The van der Waals surface area contributed by atoms with Crippen molar-refractivity contribution < 1.29 is 17.7 Å². The summed E-state index contributed by atoms with van der Waals surface area (Å²) in [4.78, 5) is 0. The van der Waals surface area contributed by atoms with Crippen LogP contribution in [0.15, 0.2) is 0 Å². The molecule has 0 unspecified atom stereocenters. The second-order valence-electron chi connectivity index (χ2n) is 2.93. The first kappa shape index (κ1) is 13.8. The summed E-state index contributed by atoms with van der Waals surface area (Å²) in [5.41, 5.74) is 0. The van der Waals surface area contributed by atoms with Gasteiger partial charge in [-0.15, -0.1) is 0 Å². The van der Waals surface area contributed by atoms with E-state index in [9.17, 15) is 0 Å². The van der Waals surface area contributed by atoms with Crippen molar-refractivity contribution in [1.29, 1.82) is 0 Å². The van der Waals surface area contributed by atoms with E-state index < -0.39 is 0 Å². The monoisotopic (exact) mass is 179 g/mol. The van der Waals surface area contributed by atoms with Gasteiger partial charge in [0.15, 0.2) is 0 Å². The predicted octanol–water partition coefficient (Wildman–Crippen LogP) is -1.46. The Hall–Kier alpha value is 0.250. The van der Waals surface area contributed by atoms with Crippen LogP contribution >= 0.6 is 0 Å². The SMILES string of the molecule is CCCCC[NH2+]CCCC.[Cl-]. The lowest BCUT2D eigenvalue weighted by atomic mass is 10.2. The molecule has 0 atom stereocenters. The van der Waals surface area contributed by atoms with Crippen molar-refractivity contribution in [2.75, 3.05) is 13.1 Å². The molecule has 0 rings (SSSR count). The molecule has 0 aromatic heterocycles. The van der Waals surface area contributed by atoms with Crippen LogP contribution < -0.4 is 17.7 Å². The molecular formula is C9H22ClN. The van der Waals surface area contributed by atoms with E-state index in [0.29, 0.717) is 0 Å². The Bertz CT molecular complexity index is 49.5. The zero-order chi connectivity index (χ0) is 7.66. The van der Waals surface area contributed by atoms with Crippen LogP contribution in [0.1, 0.15) is 46.0 Å². The third kappa shape index (κ3) is 13.3. The maximum atomic E-state index is 2.44. The van der Waals surface area contributed by atoms with E-state index in [1.54, 1.807) is 0 Å². The van der Waals surface area contributed by atoms with Gasteiger partial charge in [0, 0.05) is 0 Å². The van der Waals surface area contributed by atoms with Crippen LogP contribution in [0.4, 0.5) is 0 Å².